The molecule has 0 atom stereocenters. The van der Waals surface area contributed by atoms with Crippen molar-refractivity contribution in [1.82, 2.24) is 0 Å². The summed E-state index contributed by atoms with van der Waals surface area (Å²) in [7, 11) is 0. The third kappa shape index (κ3) is 4.56. The van der Waals surface area contributed by atoms with Gasteiger partial charge in [-0.15, -0.1) is 11.8 Å². The normalized spacial score (nSPS) is 10.5. The second kappa shape index (κ2) is 8.11. The SMILES string of the molecule is Cc1ccc(Cl)c(NC(=O)CSCc2ccccc2Cl)c1Cl. The lowest BCUT2D eigenvalue weighted by Crippen LogP contribution is -2.15. The summed E-state index contributed by atoms with van der Waals surface area (Å²) in [6.07, 6.45) is 0. The molecule has 0 saturated carbocycles. The van der Waals surface area contributed by atoms with Crippen LogP contribution in [0.2, 0.25) is 15.1 Å². The zero-order valence-corrected chi connectivity index (χ0v) is 14.9. The van der Waals surface area contributed by atoms with Crippen molar-refractivity contribution >= 4 is 58.2 Å². The maximum absolute atomic E-state index is 12.0. The number of carbonyl (C=O) groups is 1. The summed E-state index contributed by atoms with van der Waals surface area (Å²) in [5.41, 5.74) is 2.34. The lowest BCUT2D eigenvalue weighted by atomic mass is 10.2. The zero-order chi connectivity index (χ0) is 16.1. The zero-order valence-electron chi connectivity index (χ0n) is 11.8. The molecular formula is C16H14Cl3NOS. The number of amides is 1. The molecule has 0 aromatic heterocycles. The molecule has 0 radical (unpaired) electrons. The minimum atomic E-state index is -0.147. The van der Waals surface area contributed by atoms with Crippen LogP contribution in [0.1, 0.15) is 11.1 Å². The van der Waals surface area contributed by atoms with Crippen molar-refractivity contribution in [3.05, 3.63) is 62.6 Å². The Labute approximate surface area is 149 Å². The summed E-state index contributed by atoms with van der Waals surface area (Å²) in [5, 5.41) is 4.37. The molecule has 1 N–H and O–H groups in total. The molecule has 2 nitrogen and oxygen atoms in total. The van der Waals surface area contributed by atoms with Gasteiger partial charge in [0.25, 0.3) is 0 Å². The largest absolute Gasteiger partial charge is 0.323 e. The average molecular weight is 375 g/mol. The van der Waals surface area contributed by atoms with E-state index >= 15 is 0 Å². The molecule has 0 aliphatic heterocycles. The number of nitrogens with one attached hydrogen (secondary N) is 1. The maximum atomic E-state index is 12.0. The fourth-order valence-corrected chi connectivity index (χ4v) is 3.39. The predicted octanol–water partition coefficient (Wildman–Crippen LogP) is 5.83. The summed E-state index contributed by atoms with van der Waals surface area (Å²) in [6.45, 7) is 1.86. The molecule has 0 heterocycles. The molecule has 6 heteroatoms. The van der Waals surface area contributed by atoms with Crippen LogP contribution in [0.15, 0.2) is 36.4 Å². The Bertz CT molecular complexity index is 691. The number of hydrogen-bond acceptors (Lipinski definition) is 2. The Morgan fingerprint density at radius 2 is 1.82 bits per heavy atom. The van der Waals surface area contributed by atoms with Gasteiger partial charge in [-0.25, -0.2) is 0 Å². The fraction of sp³-hybridized carbons (Fsp3) is 0.188. The topological polar surface area (TPSA) is 29.1 Å². The van der Waals surface area contributed by atoms with Crippen molar-refractivity contribution in [3.8, 4) is 0 Å². The summed E-state index contributed by atoms with van der Waals surface area (Å²) >= 11 is 19.8. The molecule has 2 aromatic rings. The second-order valence-electron chi connectivity index (χ2n) is 4.69. The Morgan fingerprint density at radius 3 is 2.55 bits per heavy atom. The number of hydrogen-bond donors (Lipinski definition) is 1. The van der Waals surface area contributed by atoms with Gasteiger partial charge < -0.3 is 5.32 Å². The highest BCUT2D eigenvalue weighted by atomic mass is 35.5. The maximum Gasteiger partial charge on any atom is 0.234 e. The van der Waals surface area contributed by atoms with E-state index in [2.05, 4.69) is 5.32 Å². The van der Waals surface area contributed by atoms with E-state index in [1.807, 2.05) is 37.3 Å². The predicted molar refractivity (Wildman–Crippen MR) is 97.4 cm³/mol. The van der Waals surface area contributed by atoms with Crippen molar-refractivity contribution in [1.29, 1.82) is 0 Å². The summed E-state index contributed by atoms with van der Waals surface area (Å²) in [5.74, 6) is 0.820. The van der Waals surface area contributed by atoms with E-state index in [1.54, 1.807) is 6.07 Å². The summed E-state index contributed by atoms with van der Waals surface area (Å²) < 4.78 is 0. The third-order valence-electron chi connectivity index (χ3n) is 3.00. The highest BCUT2D eigenvalue weighted by Crippen LogP contribution is 2.33. The van der Waals surface area contributed by atoms with E-state index in [0.29, 0.717) is 32.3 Å². The minimum Gasteiger partial charge on any atom is -0.323 e. The number of thioether (sulfide) groups is 1. The van der Waals surface area contributed by atoms with E-state index in [9.17, 15) is 4.79 Å². The monoisotopic (exact) mass is 373 g/mol. The van der Waals surface area contributed by atoms with Crippen molar-refractivity contribution in [2.24, 2.45) is 0 Å². The second-order valence-corrected chi connectivity index (χ2v) is 6.86. The van der Waals surface area contributed by atoms with Crippen LogP contribution in [0, 0.1) is 6.92 Å². The number of benzene rings is 2. The molecule has 2 aromatic carbocycles. The van der Waals surface area contributed by atoms with Gasteiger partial charge in [-0.05, 0) is 30.2 Å². The first-order valence-electron chi connectivity index (χ1n) is 6.54. The molecule has 0 spiro atoms. The van der Waals surface area contributed by atoms with Crippen molar-refractivity contribution in [2.75, 3.05) is 11.1 Å². The molecule has 116 valence electrons. The van der Waals surface area contributed by atoms with Crippen LogP contribution in [0.5, 0.6) is 0 Å². The molecule has 0 aliphatic rings. The minimum absolute atomic E-state index is 0.147. The molecule has 0 unspecified atom stereocenters. The van der Waals surface area contributed by atoms with Crippen molar-refractivity contribution in [2.45, 2.75) is 12.7 Å². The molecule has 0 fully saturated rings. The quantitative estimate of drug-likeness (QED) is 0.713. The first-order valence-corrected chi connectivity index (χ1v) is 8.83. The van der Waals surface area contributed by atoms with Gasteiger partial charge in [0.15, 0.2) is 0 Å². The van der Waals surface area contributed by atoms with Gasteiger partial charge in [-0.2, -0.15) is 0 Å². The van der Waals surface area contributed by atoms with Crippen LogP contribution < -0.4 is 5.32 Å². The lowest BCUT2D eigenvalue weighted by molar-refractivity contribution is -0.113. The van der Waals surface area contributed by atoms with Gasteiger partial charge in [-0.1, -0.05) is 59.1 Å². The van der Waals surface area contributed by atoms with Crippen LogP contribution in [0.25, 0.3) is 0 Å². The molecule has 0 bridgehead atoms. The van der Waals surface area contributed by atoms with E-state index < -0.39 is 0 Å². The molecule has 22 heavy (non-hydrogen) atoms. The number of anilines is 1. The molecule has 2 rings (SSSR count). The Morgan fingerprint density at radius 1 is 1.09 bits per heavy atom. The van der Waals surface area contributed by atoms with Gasteiger partial charge >= 0.3 is 0 Å². The van der Waals surface area contributed by atoms with Crippen LogP contribution >= 0.6 is 46.6 Å². The van der Waals surface area contributed by atoms with Gasteiger partial charge in [0.1, 0.15) is 0 Å². The highest BCUT2D eigenvalue weighted by Gasteiger charge is 2.12. The van der Waals surface area contributed by atoms with E-state index in [0.717, 1.165) is 11.1 Å². The first-order chi connectivity index (χ1) is 10.5. The van der Waals surface area contributed by atoms with Gasteiger partial charge in [0.2, 0.25) is 5.91 Å². The number of rotatable bonds is 5. The van der Waals surface area contributed by atoms with Crippen molar-refractivity contribution < 1.29 is 4.79 Å². The summed E-state index contributed by atoms with van der Waals surface area (Å²) in [6, 6.07) is 11.1. The summed E-state index contributed by atoms with van der Waals surface area (Å²) in [4.78, 5) is 12.0. The standard InChI is InChI=1S/C16H14Cl3NOS/c1-10-6-7-13(18)16(15(10)19)20-14(21)9-22-8-11-4-2-3-5-12(11)17/h2-7H,8-9H2,1H3,(H,20,21). The lowest BCUT2D eigenvalue weighted by Gasteiger charge is -2.11. The molecule has 0 aliphatic carbocycles. The van der Waals surface area contributed by atoms with Gasteiger partial charge in [0, 0.05) is 10.8 Å². The number of carbonyl (C=O) groups excluding carboxylic acids is 1. The number of halogens is 3. The van der Waals surface area contributed by atoms with E-state index in [4.69, 9.17) is 34.8 Å². The van der Waals surface area contributed by atoms with Crippen LogP contribution in [0.4, 0.5) is 5.69 Å². The molecule has 1 amide bonds. The Kier molecular flexibility index (Phi) is 6.45. The van der Waals surface area contributed by atoms with E-state index in [1.165, 1.54) is 11.8 Å². The van der Waals surface area contributed by atoms with Crippen LogP contribution in [0.3, 0.4) is 0 Å². The van der Waals surface area contributed by atoms with Gasteiger partial charge in [-0.3, -0.25) is 4.79 Å². The van der Waals surface area contributed by atoms with Gasteiger partial charge in [0.05, 0.1) is 21.5 Å². The third-order valence-corrected chi connectivity index (χ3v) is 5.15. The van der Waals surface area contributed by atoms with Crippen molar-refractivity contribution in [3.63, 3.8) is 0 Å². The van der Waals surface area contributed by atoms with E-state index in [-0.39, 0.29) is 5.91 Å². The number of aryl methyl sites for hydroxylation is 1. The van der Waals surface area contributed by atoms with Crippen LogP contribution in [-0.2, 0) is 10.5 Å². The highest BCUT2D eigenvalue weighted by molar-refractivity contribution is 7.99. The van der Waals surface area contributed by atoms with Crippen LogP contribution in [-0.4, -0.2) is 11.7 Å². The first kappa shape index (κ1) is 17.5. The Hall–Kier alpha value is -0.870. The molecule has 0 saturated heterocycles. The Balaban J connectivity index is 1.92. The fourth-order valence-electron chi connectivity index (χ4n) is 1.82. The smallest absolute Gasteiger partial charge is 0.234 e. The average Bonchev–Trinajstić information content (AvgIpc) is 2.49. The molecular weight excluding hydrogens is 361 g/mol.